The topological polar surface area (TPSA) is 65.1 Å². The summed E-state index contributed by atoms with van der Waals surface area (Å²) in [4.78, 5) is 20.9. The van der Waals surface area contributed by atoms with Crippen LogP contribution in [-0.4, -0.2) is 9.49 Å². The Morgan fingerprint density at radius 1 is 1.41 bits per heavy atom. The van der Waals surface area contributed by atoms with Gasteiger partial charge in [0, 0.05) is 18.3 Å². The summed E-state index contributed by atoms with van der Waals surface area (Å²) in [5.41, 5.74) is -3.33. The van der Waals surface area contributed by atoms with Crippen LogP contribution in [0.5, 0.6) is 0 Å². The molecule has 8 heteroatoms. The van der Waals surface area contributed by atoms with Crippen LogP contribution in [-0.2, 0) is 6.18 Å². The summed E-state index contributed by atoms with van der Waals surface area (Å²) in [6.45, 7) is 2.93. The Kier molecular flexibility index (Phi) is 3.25. The highest BCUT2D eigenvalue weighted by Gasteiger charge is 2.34. The zero-order valence-electron chi connectivity index (χ0n) is 8.99. The van der Waals surface area contributed by atoms with Crippen molar-refractivity contribution in [1.82, 2.24) is 4.57 Å². The molecule has 0 aliphatic heterocycles. The largest absolute Gasteiger partial charge is 0.418 e. The number of alkyl halides is 3. The van der Waals surface area contributed by atoms with Gasteiger partial charge in [0.2, 0.25) is 0 Å². The second-order valence-electron chi connectivity index (χ2n) is 3.68. The third-order valence-electron chi connectivity index (χ3n) is 2.10. The molecule has 0 atom stereocenters. The third-order valence-corrected chi connectivity index (χ3v) is 2.10. The molecule has 0 saturated carbocycles. The number of pyridine rings is 1. The van der Waals surface area contributed by atoms with Crippen molar-refractivity contribution >= 4 is 5.69 Å². The zero-order valence-corrected chi connectivity index (χ0v) is 8.99. The van der Waals surface area contributed by atoms with Crippen LogP contribution in [0.25, 0.3) is 0 Å². The molecule has 0 fully saturated rings. The van der Waals surface area contributed by atoms with Crippen molar-refractivity contribution in [3.8, 4) is 0 Å². The molecule has 0 amide bonds. The van der Waals surface area contributed by atoms with E-state index in [-0.39, 0.29) is 6.07 Å². The van der Waals surface area contributed by atoms with E-state index in [0.717, 1.165) is 0 Å². The molecular formula is C9H9F3N2O3. The van der Waals surface area contributed by atoms with E-state index in [1.807, 2.05) is 0 Å². The van der Waals surface area contributed by atoms with Crippen LogP contribution >= 0.6 is 0 Å². The molecule has 94 valence electrons. The van der Waals surface area contributed by atoms with Crippen LogP contribution in [0.3, 0.4) is 0 Å². The molecule has 17 heavy (non-hydrogen) atoms. The lowest BCUT2D eigenvalue weighted by atomic mass is 10.2. The van der Waals surface area contributed by atoms with E-state index in [2.05, 4.69) is 0 Å². The van der Waals surface area contributed by atoms with Gasteiger partial charge in [0.05, 0.1) is 10.5 Å². The fourth-order valence-corrected chi connectivity index (χ4v) is 1.26. The Morgan fingerprint density at radius 2 is 1.94 bits per heavy atom. The van der Waals surface area contributed by atoms with E-state index >= 15 is 0 Å². The maximum Gasteiger partial charge on any atom is 0.418 e. The highest BCUT2D eigenvalue weighted by Crippen LogP contribution is 2.30. The highest BCUT2D eigenvalue weighted by atomic mass is 19.4. The van der Waals surface area contributed by atoms with Crippen LogP contribution in [0.2, 0.25) is 0 Å². The summed E-state index contributed by atoms with van der Waals surface area (Å²) in [5, 5.41) is 10.5. The summed E-state index contributed by atoms with van der Waals surface area (Å²) >= 11 is 0. The molecule has 0 bridgehead atoms. The van der Waals surface area contributed by atoms with Crippen LogP contribution < -0.4 is 5.56 Å². The van der Waals surface area contributed by atoms with Gasteiger partial charge in [-0.2, -0.15) is 13.2 Å². The van der Waals surface area contributed by atoms with Crippen LogP contribution in [0.15, 0.2) is 17.1 Å². The fourth-order valence-electron chi connectivity index (χ4n) is 1.26. The minimum atomic E-state index is -4.73. The number of nitro groups is 1. The van der Waals surface area contributed by atoms with Gasteiger partial charge in [-0.25, -0.2) is 0 Å². The normalized spacial score (nSPS) is 11.9. The number of hydrogen-bond donors (Lipinski definition) is 0. The molecule has 0 aliphatic rings. The van der Waals surface area contributed by atoms with Crippen molar-refractivity contribution in [3.05, 3.63) is 38.3 Å². The van der Waals surface area contributed by atoms with Crippen molar-refractivity contribution in [2.24, 2.45) is 0 Å². The van der Waals surface area contributed by atoms with E-state index in [0.29, 0.717) is 10.8 Å². The van der Waals surface area contributed by atoms with Crippen molar-refractivity contribution < 1.29 is 18.1 Å². The van der Waals surface area contributed by atoms with Gasteiger partial charge in [0.25, 0.3) is 0 Å². The zero-order chi connectivity index (χ0) is 13.4. The monoisotopic (exact) mass is 250 g/mol. The third kappa shape index (κ3) is 2.63. The van der Waals surface area contributed by atoms with Crippen LogP contribution in [0.1, 0.15) is 25.5 Å². The number of aromatic nitrogens is 1. The predicted octanol–water partition coefficient (Wildman–Crippen LogP) is 2.36. The van der Waals surface area contributed by atoms with Gasteiger partial charge in [-0.05, 0) is 13.8 Å². The summed E-state index contributed by atoms with van der Waals surface area (Å²) in [7, 11) is 0. The lowest BCUT2D eigenvalue weighted by Crippen LogP contribution is -2.26. The Bertz CT molecular complexity index is 505. The average molecular weight is 250 g/mol. The van der Waals surface area contributed by atoms with Gasteiger partial charge >= 0.3 is 17.4 Å². The Balaban J connectivity index is 3.60. The summed E-state index contributed by atoms with van der Waals surface area (Å²) in [5.74, 6) is 0. The van der Waals surface area contributed by atoms with Crippen LogP contribution in [0.4, 0.5) is 18.9 Å². The van der Waals surface area contributed by atoms with E-state index in [4.69, 9.17) is 0 Å². The number of rotatable bonds is 2. The molecular weight excluding hydrogens is 241 g/mol. The van der Waals surface area contributed by atoms with Gasteiger partial charge in [0.1, 0.15) is 0 Å². The molecule has 0 radical (unpaired) electrons. The van der Waals surface area contributed by atoms with E-state index < -0.39 is 34.0 Å². The Hall–Kier alpha value is -1.86. The summed E-state index contributed by atoms with van der Waals surface area (Å²) in [6, 6.07) is -0.343. The molecule has 0 aromatic carbocycles. The lowest BCUT2D eigenvalue weighted by Gasteiger charge is -2.13. The molecule has 1 aromatic heterocycles. The molecule has 0 unspecified atom stereocenters. The van der Waals surface area contributed by atoms with E-state index in [1.165, 1.54) is 13.8 Å². The minimum absolute atomic E-state index is 0.251. The first-order valence-corrected chi connectivity index (χ1v) is 4.62. The Morgan fingerprint density at radius 3 is 2.29 bits per heavy atom. The SMILES string of the molecule is CC(C)n1cc(C(F)(F)F)cc([N+](=O)[O-])c1=O. The quantitative estimate of drug-likeness (QED) is 0.597. The van der Waals surface area contributed by atoms with E-state index in [9.17, 15) is 28.1 Å². The van der Waals surface area contributed by atoms with E-state index in [1.54, 1.807) is 0 Å². The lowest BCUT2D eigenvalue weighted by molar-refractivity contribution is -0.386. The van der Waals surface area contributed by atoms with Crippen molar-refractivity contribution in [3.63, 3.8) is 0 Å². The molecule has 0 saturated heterocycles. The number of halogens is 3. The first-order chi connectivity index (χ1) is 7.64. The minimum Gasteiger partial charge on any atom is -0.307 e. The maximum atomic E-state index is 12.5. The second-order valence-corrected chi connectivity index (χ2v) is 3.68. The van der Waals surface area contributed by atoms with Crippen molar-refractivity contribution in [2.45, 2.75) is 26.1 Å². The van der Waals surface area contributed by atoms with Gasteiger partial charge in [0.15, 0.2) is 0 Å². The smallest absolute Gasteiger partial charge is 0.307 e. The molecule has 0 N–H and O–H groups in total. The Labute approximate surface area is 93.6 Å². The molecule has 1 aromatic rings. The van der Waals surface area contributed by atoms with Gasteiger partial charge in [-0.1, -0.05) is 0 Å². The molecule has 5 nitrogen and oxygen atoms in total. The number of nitrogens with zero attached hydrogens (tertiary/aromatic N) is 2. The molecule has 0 spiro atoms. The molecule has 1 rings (SSSR count). The number of hydrogen-bond acceptors (Lipinski definition) is 3. The van der Waals surface area contributed by atoms with Gasteiger partial charge in [-0.3, -0.25) is 14.9 Å². The second kappa shape index (κ2) is 4.19. The standard InChI is InChI=1S/C9H9F3N2O3/c1-5(2)13-4-6(9(10,11)12)3-7(8(13)15)14(16)17/h3-5H,1-2H3. The van der Waals surface area contributed by atoms with Gasteiger partial charge in [-0.15, -0.1) is 0 Å². The maximum absolute atomic E-state index is 12.5. The van der Waals surface area contributed by atoms with Crippen molar-refractivity contribution in [2.75, 3.05) is 0 Å². The molecule has 1 heterocycles. The highest BCUT2D eigenvalue weighted by molar-refractivity contribution is 5.32. The molecule has 0 aliphatic carbocycles. The summed E-state index contributed by atoms with van der Waals surface area (Å²) in [6.07, 6.45) is -4.14. The average Bonchev–Trinajstić information content (AvgIpc) is 2.14. The van der Waals surface area contributed by atoms with Crippen molar-refractivity contribution in [1.29, 1.82) is 0 Å². The summed E-state index contributed by atoms with van der Waals surface area (Å²) < 4.78 is 38.1. The van der Waals surface area contributed by atoms with Gasteiger partial charge < -0.3 is 4.57 Å². The fraction of sp³-hybridized carbons (Fsp3) is 0.444. The van der Waals surface area contributed by atoms with Crippen LogP contribution in [0, 0.1) is 10.1 Å². The first kappa shape index (κ1) is 13.2. The predicted molar refractivity (Wildman–Crippen MR) is 52.7 cm³/mol. The first-order valence-electron chi connectivity index (χ1n) is 4.62.